The Hall–Kier alpha value is -1.47. The third kappa shape index (κ3) is 2.93. The molecule has 1 N–H and O–H groups in total. The van der Waals surface area contributed by atoms with Crippen LogP contribution in [0, 0.1) is 10.1 Å². The molecule has 102 valence electrons. The van der Waals surface area contributed by atoms with E-state index in [0.29, 0.717) is 18.0 Å². The summed E-state index contributed by atoms with van der Waals surface area (Å²) in [6.07, 6.45) is 0. The Bertz CT molecular complexity index is 525. The van der Waals surface area contributed by atoms with Crippen LogP contribution in [0.2, 0.25) is 5.02 Å². The largest absolute Gasteiger partial charge is 0.480 e. The molecule has 1 aliphatic heterocycles. The molecule has 0 spiro atoms. The third-order valence-electron chi connectivity index (χ3n) is 2.87. The lowest BCUT2D eigenvalue weighted by Crippen LogP contribution is -2.47. The van der Waals surface area contributed by atoms with E-state index in [0.717, 1.165) is 5.75 Å². The van der Waals surface area contributed by atoms with Gasteiger partial charge < -0.3 is 10.0 Å². The predicted octanol–water partition coefficient (Wildman–Crippen LogP) is 2.25. The highest BCUT2D eigenvalue weighted by molar-refractivity contribution is 7.99. The minimum absolute atomic E-state index is 0.105. The Kier molecular flexibility index (Phi) is 4.16. The van der Waals surface area contributed by atoms with Gasteiger partial charge >= 0.3 is 5.97 Å². The summed E-state index contributed by atoms with van der Waals surface area (Å²) in [5.74, 6) is 0.362. The Morgan fingerprint density at radius 1 is 1.58 bits per heavy atom. The lowest BCUT2D eigenvalue weighted by molar-refractivity contribution is -0.384. The molecule has 1 atom stereocenters. The number of anilines is 1. The minimum atomic E-state index is -0.915. The zero-order chi connectivity index (χ0) is 14.0. The number of carbonyl (C=O) groups is 1. The third-order valence-corrected chi connectivity index (χ3v) is 4.19. The molecule has 0 bridgehead atoms. The number of benzene rings is 1. The van der Waals surface area contributed by atoms with Crippen LogP contribution in [0.4, 0.5) is 11.4 Å². The molecule has 8 heteroatoms. The number of non-ortho nitro benzene ring substituents is 1. The molecule has 0 aromatic heterocycles. The standard InChI is InChI=1S/C11H11ClN2O4S/c12-8-5-7(14(17)18)1-2-9(8)13-3-4-19-6-10(13)11(15)16/h1-2,5,10H,3-4,6H2,(H,15,16). The Morgan fingerprint density at radius 3 is 2.89 bits per heavy atom. The van der Waals surface area contributed by atoms with Crippen LogP contribution in [0.5, 0.6) is 0 Å². The number of carboxylic acids is 1. The number of nitro benzene ring substituents is 1. The molecule has 0 radical (unpaired) electrons. The number of carboxylic acid groups (broad SMARTS) is 1. The number of nitrogens with zero attached hydrogens (tertiary/aromatic N) is 2. The van der Waals surface area contributed by atoms with Gasteiger partial charge in [-0.15, -0.1) is 0 Å². The molecule has 2 rings (SSSR count). The summed E-state index contributed by atoms with van der Waals surface area (Å²) in [4.78, 5) is 23.0. The fraction of sp³-hybridized carbons (Fsp3) is 0.364. The second kappa shape index (κ2) is 5.66. The number of aliphatic carboxylic acids is 1. The van der Waals surface area contributed by atoms with E-state index in [1.807, 2.05) is 0 Å². The zero-order valence-corrected chi connectivity index (χ0v) is 11.4. The lowest BCUT2D eigenvalue weighted by Gasteiger charge is -2.34. The van der Waals surface area contributed by atoms with Crippen molar-refractivity contribution < 1.29 is 14.8 Å². The first-order chi connectivity index (χ1) is 9.00. The van der Waals surface area contributed by atoms with Gasteiger partial charge in [0.1, 0.15) is 6.04 Å². The van der Waals surface area contributed by atoms with Crippen molar-refractivity contribution in [2.75, 3.05) is 23.0 Å². The maximum Gasteiger partial charge on any atom is 0.327 e. The van der Waals surface area contributed by atoms with Gasteiger partial charge in [-0.25, -0.2) is 4.79 Å². The molecule has 6 nitrogen and oxygen atoms in total. The molecular weight excluding hydrogens is 292 g/mol. The van der Waals surface area contributed by atoms with E-state index in [9.17, 15) is 20.0 Å². The summed E-state index contributed by atoms with van der Waals surface area (Å²) in [5.41, 5.74) is 0.423. The molecule has 1 aromatic rings. The monoisotopic (exact) mass is 302 g/mol. The van der Waals surface area contributed by atoms with Gasteiger partial charge in [-0.3, -0.25) is 10.1 Å². The van der Waals surface area contributed by atoms with Gasteiger partial charge in [0.2, 0.25) is 0 Å². The maximum atomic E-state index is 11.2. The predicted molar refractivity (Wildman–Crippen MR) is 74.2 cm³/mol. The van der Waals surface area contributed by atoms with E-state index >= 15 is 0 Å². The number of thioether (sulfide) groups is 1. The topological polar surface area (TPSA) is 83.7 Å². The number of rotatable bonds is 3. The number of nitro groups is 1. The van der Waals surface area contributed by atoms with Gasteiger partial charge in [0.05, 0.1) is 15.6 Å². The summed E-state index contributed by atoms with van der Waals surface area (Å²) in [7, 11) is 0. The fourth-order valence-corrected chi connectivity index (χ4v) is 3.26. The van der Waals surface area contributed by atoms with E-state index in [-0.39, 0.29) is 10.7 Å². The van der Waals surface area contributed by atoms with Gasteiger partial charge in [-0.05, 0) is 6.07 Å². The molecule has 1 saturated heterocycles. The van der Waals surface area contributed by atoms with Crippen LogP contribution in [0.25, 0.3) is 0 Å². The van der Waals surface area contributed by atoms with E-state index in [1.54, 1.807) is 16.7 Å². The highest BCUT2D eigenvalue weighted by Crippen LogP contribution is 2.33. The smallest absolute Gasteiger partial charge is 0.327 e. The van der Waals surface area contributed by atoms with E-state index < -0.39 is 16.9 Å². The van der Waals surface area contributed by atoms with Gasteiger partial charge in [0, 0.05) is 30.2 Å². The van der Waals surface area contributed by atoms with Crippen molar-refractivity contribution in [1.82, 2.24) is 0 Å². The SMILES string of the molecule is O=C(O)C1CSCCN1c1ccc([N+](=O)[O-])cc1Cl. The molecule has 19 heavy (non-hydrogen) atoms. The number of halogens is 1. The van der Waals surface area contributed by atoms with Gasteiger partial charge in [0.25, 0.3) is 5.69 Å². The van der Waals surface area contributed by atoms with Crippen LogP contribution < -0.4 is 4.90 Å². The summed E-state index contributed by atoms with van der Waals surface area (Å²) in [6, 6.07) is 3.43. The molecule has 1 aromatic carbocycles. The number of hydrogen-bond donors (Lipinski definition) is 1. The second-order valence-electron chi connectivity index (χ2n) is 4.02. The molecule has 1 aliphatic rings. The second-order valence-corrected chi connectivity index (χ2v) is 5.57. The summed E-state index contributed by atoms with van der Waals surface area (Å²) in [6.45, 7) is 0.555. The summed E-state index contributed by atoms with van der Waals surface area (Å²) >= 11 is 7.60. The van der Waals surface area contributed by atoms with Crippen LogP contribution in [-0.2, 0) is 4.79 Å². The zero-order valence-electron chi connectivity index (χ0n) is 9.78. The van der Waals surface area contributed by atoms with Gasteiger partial charge in [-0.2, -0.15) is 11.8 Å². The average molecular weight is 303 g/mol. The maximum absolute atomic E-state index is 11.2. The van der Waals surface area contributed by atoms with Crippen LogP contribution >= 0.6 is 23.4 Å². The quantitative estimate of drug-likeness (QED) is 0.681. The Balaban J connectivity index is 2.34. The van der Waals surface area contributed by atoms with Crippen molar-refractivity contribution in [3.8, 4) is 0 Å². The van der Waals surface area contributed by atoms with Gasteiger partial charge in [0.15, 0.2) is 0 Å². The van der Waals surface area contributed by atoms with Crippen molar-refractivity contribution >= 4 is 40.7 Å². The highest BCUT2D eigenvalue weighted by atomic mass is 35.5. The van der Waals surface area contributed by atoms with E-state index in [4.69, 9.17) is 11.6 Å². The number of hydrogen-bond acceptors (Lipinski definition) is 5. The van der Waals surface area contributed by atoms with Crippen molar-refractivity contribution in [2.24, 2.45) is 0 Å². The Labute approximate surface area is 118 Å². The van der Waals surface area contributed by atoms with Crippen LogP contribution in [0.3, 0.4) is 0 Å². The first kappa shape index (κ1) is 14.0. The highest BCUT2D eigenvalue weighted by Gasteiger charge is 2.30. The normalized spacial score (nSPS) is 19.2. The first-order valence-corrected chi connectivity index (χ1v) is 7.05. The van der Waals surface area contributed by atoms with Crippen molar-refractivity contribution in [2.45, 2.75) is 6.04 Å². The Morgan fingerprint density at radius 2 is 2.32 bits per heavy atom. The van der Waals surface area contributed by atoms with Gasteiger partial charge in [-0.1, -0.05) is 11.6 Å². The first-order valence-electron chi connectivity index (χ1n) is 5.52. The summed E-state index contributed by atoms with van der Waals surface area (Å²) in [5, 5.41) is 20.0. The molecule has 1 unspecified atom stereocenters. The lowest BCUT2D eigenvalue weighted by atomic mass is 10.2. The van der Waals surface area contributed by atoms with Crippen LogP contribution in [0.1, 0.15) is 0 Å². The molecule has 1 heterocycles. The molecule has 0 amide bonds. The molecule has 0 aliphatic carbocycles. The average Bonchev–Trinajstić information content (AvgIpc) is 2.38. The van der Waals surface area contributed by atoms with Crippen molar-refractivity contribution in [3.63, 3.8) is 0 Å². The summed E-state index contributed by atoms with van der Waals surface area (Å²) < 4.78 is 0. The molecule has 1 fully saturated rings. The van der Waals surface area contributed by atoms with Crippen molar-refractivity contribution in [3.05, 3.63) is 33.3 Å². The molecule has 0 saturated carbocycles. The fourth-order valence-electron chi connectivity index (χ4n) is 1.94. The molecular formula is C11H11ClN2O4S. The van der Waals surface area contributed by atoms with Crippen LogP contribution in [-0.4, -0.2) is 40.1 Å². The van der Waals surface area contributed by atoms with E-state index in [2.05, 4.69) is 0 Å². The minimum Gasteiger partial charge on any atom is -0.480 e. The van der Waals surface area contributed by atoms with E-state index in [1.165, 1.54) is 18.2 Å². The van der Waals surface area contributed by atoms with Crippen molar-refractivity contribution in [1.29, 1.82) is 0 Å². The van der Waals surface area contributed by atoms with Crippen LogP contribution in [0.15, 0.2) is 18.2 Å².